The van der Waals surface area contributed by atoms with Gasteiger partial charge in [-0.3, -0.25) is 19.2 Å². The Morgan fingerprint density at radius 2 is 1.61 bits per heavy atom. The number of ether oxygens (including phenoxy) is 2. The van der Waals surface area contributed by atoms with E-state index in [1.165, 1.54) is 57.4 Å². The number of likely N-dealkylation sites (tertiary alicyclic amines) is 1. The molecule has 0 aromatic heterocycles. The zero-order chi connectivity index (χ0) is 36.9. The van der Waals surface area contributed by atoms with E-state index in [-0.39, 0.29) is 5.02 Å². The number of hydrogen-bond donors (Lipinski definition) is 0. The topological polar surface area (TPSA) is 124 Å². The second kappa shape index (κ2) is 16.1. The molecule has 0 unspecified atom stereocenters. The number of rotatable bonds is 16. The fraction of sp³-hybridized carbons (Fsp3) is 0.515. The fourth-order valence-electron chi connectivity index (χ4n) is 5.72. The number of alkyl halides is 5. The highest BCUT2D eigenvalue weighted by molar-refractivity contribution is 7.91. The van der Waals surface area contributed by atoms with Crippen molar-refractivity contribution in [2.45, 2.75) is 62.3 Å². The van der Waals surface area contributed by atoms with Gasteiger partial charge in [-0.05, 0) is 42.2 Å². The third-order valence-electron chi connectivity index (χ3n) is 8.48. The van der Waals surface area contributed by atoms with Gasteiger partial charge in [-0.25, -0.2) is 8.42 Å². The van der Waals surface area contributed by atoms with Crippen molar-refractivity contribution in [3.05, 3.63) is 64.7 Å². The summed E-state index contributed by atoms with van der Waals surface area (Å²) < 4.78 is 108. The van der Waals surface area contributed by atoms with Crippen molar-refractivity contribution in [2.75, 3.05) is 27.4 Å². The predicted molar refractivity (Wildman–Crippen MR) is 169 cm³/mol. The highest BCUT2D eigenvalue weighted by Crippen LogP contribution is 2.36. The van der Waals surface area contributed by atoms with Crippen molar-refractivity contribution >= 4 is 44.7 Å². The first kappa shape index (κ1) is 40.0. The van der Waals surface area contributed by atoms with Crippen molar-refractivity contribution in [3.8, 4) is 5.75 Å². The van der Waals surface area contributed by atoms with Crippen molar-refractivity contribution in [3.63, 3.8) is 0 Å². The van der Waals surface area contributed by atoms with Gasteiger partial charge in [0.15, 0.2) is 15.6 Å². The van der Waals surface area contributed by atoms with E-state index in [1.54, 1.807) is 0 Å². The van der Waals surface area contributed by atoms with Gasteiger partial charge in [-0.2, -0.15) is 22.0 Å². The van der Waals surface area contributed by atoms with Gasteiger partial charge in [0.05, 0.1) is 36.7 Å². The Hall–Kier alpha value is -3.43. The molecular formula is C33H37ClF5NO8S. The van der Waals surface area contributed by atoms with Crippen molar-refractivity contribution in [2.24, 2.45) is 17.8 Å². The SMILES string of the molecule is COC[C@H](CC(=O)C(F)(F)c1cccc(Cl)c1)C(=O)N1C[C@H](S(=O)(=O)Cc2ccc(OC)cc2)C[C@H]1C(=O)C[C@H](C(=O)C(F)(F)F)C(C)C. The first-order valence-electron chi connectivity index (χ1n) is 15.2. The maximum absolute atomic E-state index is 15.2. The van der Waals surface area contributed by atoms with Crippen LogP contribution in [-0.2, 0) is 45.4 Å². The molecule has 270 valence electrons. The van der Waals surface area contributed by atoms with Gasteiger partial charge in [-0.1, -0.05) is 49.7 Å². The molecule has 9 nitrogen and oxygen atoms in total. The quantitative estimate of drug-likeness (QED) is 0.204. The van der Waals surface area contributed by atoms with Crippen molar-refractivity contribution < 1.29 is 59.0 Å². The number of benzene rings is 2. The molecule has 1 fully saturated rings. The summed E-state index contributed by atoms with van der Waals surface area (Å²) in [6, 6.07) is 8.78. The molecule has 4 atom stereocenters. The largest absolute Gasteiger partial charge is 0.497 e. The summed E-state index contributed by atoms with van der Waals surface area (Å²) in [5.41, 5.74) is -0.392. The summed E-state index contributed by atoms with van der Waals surface area (Å²) in [5.74, 6) is -14.5. The number of amides is 1. The number of ketones is 3. The van der Waals surface area contributed by atoms with Crippen LogP contribution in [-0.4, -0.2) is 81.4 Å². The molecule has 1 heterocycles. The predicted octanol–water partition coefficient (Wildman–Crippen LogP) is 5.61. The second-order valence-electron chi connectivity index (χ2n) is 12.3. The number of halogens is 6. The average Bonchev–Trinajstić information content (AvgIpc) is 3.49. The van der Waals surface area contributed by atoms with Crippen LogP contribution < -0.4 is 4.74 Å². The number of sulfone groups is 1. The van der Waals surface area contributed by atoms with Crippen LogP contribution in [0.15, 0.2) is 48.5 Å². The minimum Gasteiger partial charge on any atom is -0.497 e. The van der Waals surface area contributed by atoms with Gasteiger partial charge in [-0.15, -0.1) is 0 Å². The third kappa shape index (κ3) is 9.85. The van der Waals surface area contributed by atoms with Crippen molar-refractivity contribution in [1.82, 2.24) is 4.90 Å². The molecule has 0 aliphatic carbocycles. The van der Waals surface area contributed by atoms with E-state index in [2.05, 4.69) is 0 Å². The van der Waals surface area contributed by atoms with E-state index >= 15 is 8.78 Å². The molecule has 1 amide bonds. The lowest BCUT2D eigenvalue weighted by Crippen LogP contribution is -2.47. The van der Waals surface area contributed by atoms with Crippen molar-refractivity contribution in [1.29, 1.82) is 0 Å². The summed E-state index contributed by atoms with van der Waals surface area (Å²) in [6.07, 6.45) is -7.84. The molecule has 0 radical (unpaired) electrons. The van der Waals surface area contributed by atoms with E-state index in [9.17, 15) is 40.8 Å². The Morgan fingerprint density at radius 3 is 2.14 bits per heavy atom. The fourth-order valence-corrected chi connectivity index (χ4v) is 7.67. The molecule has 0 bridgehead atoms. The summed E-state index contributed by atoms with van der Waals surface area (Å²) in [4.78, 5) is 53.5. The minimum absolute atomic E-state index is 0.0708. The van der Waals surface area contributed by atoms with Crippen LogP contribution >= 0.6 is 11.6 Å². The Labute approximate surface area is 286 Å². The van der Waals surface area contributed by atoms with Crippen LogP contribution in [0, 0.1) is 17.8 Å². The Kier molecular flexibility index (Phi) is 13.1. The molecule has 0 spiro atoms. The van der Waals surface area contributed by atoms with Crippen LogP contribution in [0.25, 0.3) is 0 Å². The molecule has 1 aliphatic rings. The molecule has 0 N–H and O–H groups in total. The molecule has 3 rings (SSSR count). The molecule has 2 aromatic carbocycles. The maximum Gasteiger partial charge on any atom is 0.450 e. The number of carbonyl (C=O) groups is 4. The molecule has 1 saturated heterocycles. The van der Waals surface area contributed by atoms with Crippen LogP contribution in [0.3, 0.4) is 0 Å². The Bertz CT molecular complexity index is 1630. The highest BCUT2D eigenvalue weighted by Gasteiger charge is 2.50. The lowest BCUT2D eigenvalue weighted by atomic mass is 9.84. The Morgan fingerprint density at radius 1 is 0.980 bits per heavy atom. The normalized spacial score (nSPS) is 18.3. The van der Waals surface area contributed by atoms with Crippen LogP contribution in [0.1, 0.15) is 44.2 Å². The standard InChI is InChI=1S/C33H37ClF5NO8S/c1-19(2)26(30(43)33(37,38)39)15-28(41)27-14-25(49(45,46)18-20-8-10-24(48-4)11-9-20)16-40(27)31(44)21(17-47-3)12-29(42)32(35,36)22-6-5-7-23(34)13-22/h5-11,13,19,21,25-27H,12,14-18H2,1-4H3/t21-,25+,26-,27-/m0/s1. The monoisotopic (exact) mass is 737 g/mol. The summed E-state index contributed by atoms with van der Waals surface area (Å²) in [7, 11) is -1.59. The molecule has 49 heavy (non-hydrogen) atoms. The number of nitrogens with zero attached hydrogens (tertiary/aromatic N) is 1. The summed E-state index contributed by atoms with van der Waals surface area (Å²) in [5, 5.41) is -1.46. The minimum atomic E-state index is -5.26. The zero-order valence-electron chi connectivity index (χ0n) is 27.1. The second-order valence-corrected chi connectivity index (χ2v) is 15.0. The molecule has 2 aromatic rings. The molecular weight excluding hydrogens is 701 g/mol. The average molecular weight is 738 g/mol. The van der Waals surface area contributed by atoms with Crippen LogP contribution in [0.5, 0.6) is 5.75 Å². The highest BCUT2D eigenvalue weighted by atomic mass is 35.5. The van der Waals surface area contributed by atoms with Gasteiger partial charge in [0, 0.05) is 43.0 Å². The number of Topliss-reactive ketones (excluding diaryl/α,β-unsaturated/α-hetero) is 3. The van der Waals surface area contributed by atoms with Gasteiger partial charge in [0.1, 0.15) is 5.75 Å². The third-order valence-corrected chi connectivity index (χ3v) is 10.8. The van der Waals surface area contributed by atoms with Gasteiger partial charge in [0.2, 0.25) is 17.5 Å². The van der Waals surface area contributed by atoms with Gasteiger partial charge in [0.25, 0.3) is 0 Å². The molecule has 0 saturated carbocycles. The van der Waals surface area contributed by atoms with E-state index in [1.807, 2.05) is 0 Å². The van der Waals surface area contributed by atoms with Crippen LogP contribution in [0.4, 0.5) is 22.0 Å². The molecule has 16 heteroatoms. The van der Waals surface area contributed by atoms with Crippen LogP contribution in [0.2, 0.25) is 5.02 Å². The lowest BCUT2D eigenvalue weighted by Gasteiger charge is -2.29. The molecule has 1 aliphatic heterocycles. The van der Waals surface area contributed by atoms with Gasteiger partial charge >= 0.3 is 12.1 Å². The lowest BCUT2D eigenvalue weighted by molar-refractivity contribution is -0.177. The van der Waals surface area contributed by atoms with Gasteiger partial charge < -0.3 is 14.4 Å². The number of hydrogen-bond acceptors (Lipinski definition) is 8. The maximum atomic E-state index is 15.2. The smallest absolute Gasteiger partial charge is 0.450 e. The summed E-state index contributed by atoms with van der Waals surface area (Å²) in [6.45, 7) is 1.41. The summed E-state index contributed by atoms with van der Waals surface area (Å²) >= 11 is 5.81. The number of methoxy groups -OCH3 is 2. The van der Waals surface area contributed by atoms with E-state index in [4.69, 9.17) is 21.1 Å². The van der Waals surface area contributed by atoms with E-state index in [0.29, 0.717) is 11.3 Å². The first-order chi connectivity index (χ1) is 22.7. The first-order valence-corrected chi connectivity index (χ1v) is 17.3. The zero-order valence-corrected chi connectivity index (χ0v) is 28.7. The van der Waals surface area contributed by atoms with E-state index < -0.39 is 118 Å². The Balaban J connectivity index is 1.97. The van der Waals surface area contributed by atoms with E-state index in [0.717, 1.165) is 24.1 Å². The number of carbonyl (C=O) groups excluding carboxylic acids is 4.